The molecule has 0 aromatic heterocycles. The van der Waals surface area contributed by atoms with Crippen LogP contribution in [0, 0.1) is 0 Å². The molecule has 0 bridgehead atoms. The first-order valence-corrected chi connectivity index (χ1v) is 16.1. The van der Waals surface area contributed by atoms with Crippen molar-refractivity contribution in [3.8, 4) is 11.5 Å². The van der Waals surface area contributed by atoms with Crippen molar-refractivity contribution in [2.75, 3.05) is 25.7 Å². The van der Waals surface area contributed by atoms with E-state index in [-0.39, 0.29) is 6.61 Å². The molecule has 0 heterocycles. The van der Waals surface area contributed by atoms with Gasteiger partial charge in [-0.2, -0.15) is 0 Å². The fourth-order valence-corrected chi connectivity index (χ4v) is 7.84. The highest BCUT2D eigenvalue weighted by Gasteiger charge is 2.39. The van der Waals surface area contributed by atoms with Crippen LogP contribution >= 0.6 is 0 Å². The Kier molecular flexibility index (Phi) is 9.52. The number of hydrogen-bond donors (Lipinski definition) is 0. The molecule has 0 fully saturated rings. The second kappa shape index (κ2) is 13.1. The monoisotopic (exact) mass is 569 g/mol. The summed E-state index contributed by atoms with van der Waals surface area (Å²) < 4.78 is 24.2. The number of rotatable bonds is 10. The van der Waals surface area contributed by atoms with Crippen molar-refractivity contribution in [1.82, 2.24) is 0 Å². The van der Waals surface area contributed by atoms with E-state index in [1.807, 2.05) is 112 Å². The minimum absolute atomic E-state index is 0.227. The van der Waals surface area contributed by atoms with Crippen LogP contribution in [-0.4, -0.2) is 40.8 Å². The summed E-state index contributed by atoms with van der Waals surface area (Å²) in [6.07, 6.45) is -0.458. The average Bonchev–Trinajstić information content (AvgIpc) is 2.99. The molecule has 0 radical (unpaired) electrons. The first-order chi connectivity index (χ1) is 19.7. The van der Waals surface area contributed by atoms with Gasteiger partial charge in [0.05, 0.1) is 26.9 Å². The maximum Gasteiger partial charge on any atom is 0.415 e. The van der Waals surface area contributed by atoms with Gasteiger partial charge in [-0.1, -0.05) is 78.9 Å². The van der Waals surface area contributed by atoms with E-state index in [0.717, 1.165) is 21.7 Å². The quantitative estimate of drug-likeness (QED) is 0.202. The third-order valence-corrected chi connectivity index (χ3v) is 10.5. The molecular weight excluding hydrogens is 530 g/mol. The minimum Gasteiger partial charge on any atom is -0.497 e. The van der Waals surface area contributed by atoms with E-state index >= 15 is 0 Å². The fraction of sp³-hybridized carbons (Fsp3) is 0.265. The molecule has 6 nitrogen and oxygen atoms in total. The number of carbonyl (C=O) groups excluding carboxylic acids is 1. The molecule has 0 N–H and O–H groups in total. The number of para-hydroxylation sites is 1. The molecule has 0 aliphatic rings. The van der Waals surface area contributed by atoms with Crippen LogP contribution in [0.4, 0.5) is 10.5 Å². The molecule has 7 heteroatoms. The van der Waals surface area contributed by atoms with Gasteiger partial charge in [0.15, 0.2) is 0 Å². The summed E-state index contributed by atoms with van der Waals surface area (Å²) in [5.41, 5.74) is 0.922. The van der Waals surface area contributed by atoms with E-state index in [4.69, 9.17) is 18.6 Å². The van der Waals surface area contributed by atoms with Crippen LogP contribution in [0.2, 0.25) is 6.55 Å². The number of anilines is 1. The maximum absolute atomic E-state index is 13.9. The Bertz CT molecular complexity index is 1410. The second-order valence-electron chi connectivity index (χ2n) is 10.9. The van der Waals surface area contributed by atoms with Crippen molar-refractivity contribution in [3.63, 3.8) is 0 Å². The average molecular weight is 570 g/mol. The summed E-state index contributed by atoms with van der Waals surface area (Å²) in [6, 6.07) is 35.1. The number of methoxy groups -OCH3 is 2. The Morgan fingerprint density at radius 3 is 1.95 bits per heavy atom. The van der Waals surface area contributed by atoms with Gasteiger partial charge in [0.1, 0.15) is 17.1 Å². The van der Waals surface area contributed by atoms with Crippen molar-refractivity contribution >= 4 is 30.5 Å². The zero-order valence-corrected chi connectivity index (χ0v) is 25.7. The predicted molar refractivity (Wildman–Crippen MR) is 167 cm³/mol. The molecule has 0 unspecified atom stereocenters. The number of nitrogens with zero attached hydrogens (tertiary/aromatic N) is 1. The van der Waals surface area contributed by atoms with Crippen LogP contribution in [0.25, 0.3) is 0 Å². The lowest BCUT2D eigenvalue weighted by molar-refractivity contribution is 0.0553. The highest BCUT2D eigenvalue weighted by atomic mass is 28.4. The van der Waals surface area contributed by atoms with Crippen molar-refractivity contribution in [2.45, 2.75) is 39.0 Å². The molecule has 1 amide bonds. The summed E-state index contributed by atoms with van der Waals surface area (Å²) in [4.78, 5) is 15.6. The summed E-state index contributed by atoms with van der Waals surface area (Å²) in [5, 5.41) is 2.12. The van der Waals surface area contributed by atoms with Gasteiger partial charge < -0.3 is 18.6 Å². The summed E-state index contributed by atoms with van der Waals surface area (Å²) >= 11 is 0. The number of carbonyl (C=O) groups is 1. The molecule has 0 spiro atoms. The second-order valence-corrected chi connectivity index (χ2v) is 14.4. The van der Waals surface area contributed by atoms with Gasteiger partial charge in [-0.3, -0.25) is 4.90 Å². The van der Waals surface area contributed by atoms with E-state index in [0.29, 0.717) is 11.4 Å². The van der Waals surface area contributed by atoms with Gasteiger partial charge >= 0.3 is 6.09 Å². The minimum atomic E-state index is -2.83. The Morgan fingerprint density at radius 2 is 1.37 bits per heavy atom. The fourth-order valence-electron chi connectivity index (χ4n) is 4.82. The van der Waals surface area contributed by atoms with Crippen LogP contribution in [0.3, 0.4) is 0 Å². The van der Waals surface area contributed by atoms with Crippen LogP contribution < -0.4 is 24.7 Å². The van der Waals surface area contributed by atoms with Gasteiger partial charge in [-0.25, -0.2) is 4.79 Å². The van der Waals surface area contributed by atoms with Crippen molar-refractivity contribution in [2.24, 2.45) is 0 Å². The Balaban J connectivity index is 1.83. The highest BCUT2D eigenvalue weighted by Crippen LogP contribution is 2.32. The first-order valence-electron chi connectivity index (χ1n) is 13.7. The van der Waals surface area contributed by atoms with Crippen molar-refractivity contribution in [3.05, 3.63) is 115 Å². The maximum atomic E-state index is 13.9. The molecule has 4 aromatic rings. The van der Waals surface area contributed by atoms with Crippen LogP contribution in [0.15, 0.2) is 109 Å². The van der Waals surface area contributed by atoms with Gasteiger partial charge in [-0.05, 0) is 68.4 Å². The number of ether oxygens (including phenoxy) is 3. The van der Waals surface area contributed by atoms with Crippen LogP contribution in [-0.2, 0) is 9.16 Å². The van der Waals surface area contributed by atoms with E-state index in [9.17, 15) is 4.79 Å². The van der Waals surface area contributed by atoms with Crippen molar-refractivity contribution in [1.29, 1.82) is 0 Å². The van der Waals surface area contributed by atoms with Gasteiger partial charge in [0.2, 0.25) is 0 Å². The van der Waals surface area contributed by atoms with E-state index in [1.165, 1.54) is 0 Å². The number of benzene rings is 4. The van der Waals surface area contributed by atoms with E-state index < -0.39 is 26.1 Å². The lowest BCUT2D eigenvalue weighted by Crippen LogP contribution is -2.59. The smallest absolute Gasteiger partial charge is 0.415 e. The molecule has 4 aromatic carbocycles. The standard InChI is InChI=1S/C34H39NO5Si/c1-34(2,3)40-33(36)35(27-21-23-28(37-4)24-22-27)30(26-15-9-7-10-16-26)25-39-41(6,29-17-11-8-12-18-29)32-20-14-13-19-31(32)38-5/h7-24,30H,25H2,1-6H3/t30-,41-/m1/s1. The first kappa shape index (κ1) is 29.9. The number of hydrogen-bond acceptors (Lipinski definition) is 5. The summed E-state index contributed by atoms with van der Waals surface area (Å²) in [6.45, 7) is 8.00. The van der Waals surface area contributed by atoms with Crippen LogP contribution in [0.1, 0.15) is 32.4 Å². The summed E-state index contributed by atoms with van der Waals surface area (Å²) in [5.74, 6) is 1.48. The molecule has 4 rings (SSSR count). The largest absolute Gasteiger partial charge is 0.497 e. The van der Waals surface area contributed by atoms with Crippen LogP contribution in [0.5, 0.6) is 11.5 Å². The lowest BCUT2D eigenvalue weighted by atomic mass is 10.1. The molecule has 41 heavy (non-hydrogen) atoms. The molecule has 0 saturated carbocycles. The molecule has 0 aliphatic carbocycles. The topological polar surface area (TPSA) is 57.2 Å². The Morgan fingerprint density at radius 1 is 0.780 bits per heavy atom. The zero-order chi connectivity index (χ0) is 29.5. The highest BCUT2D eigenvalue weighted by molar-refractivity contribution is 6.97. The predicted octanol–water partition coefficient (Wildman–Crippen LogP) is 6.59. The van der Waals surface area contributed by atoms with E-state index in [2.05, 4.69) is 24.7 Å². The van der Waals surface area contributed by atoms with Gasteiger partial charge in [0, 0.05) is 10.9 Å². The van der Waals surface area contributed by atoms with Crippen molar-refractivity contribution < 1.29 is 23.4 Å². The summed E-state index contributed by atoms with van der Waals surface area (Å²) in [7, 11) is 0.469. The third-order valence-electron chi connectivity index (χ3n) is 6.91. The lowest BCUT2D eigenvalue weighted by Gasteiger charge is -2.37. The van der Waals surface area contributed by atoms with Gasteiger partial charge in [0.25, 0.3) is 8.32 Å². The molecule has 0 saturated heterocycles. The zero-order valence-electron chi connectivity index (χ0n) is 24.7. The van der Waals surface area contributed by atoms with Gasteiger partial charge in [-0.15, -0.1) is 0 Å². The third kappa shape index (κ3) is 7.17. The SMILES string of the molecule is COc1ccc(N(C(=O)OC(C)(C)C)[C@H](CO[Si@](C)(c2ccccc2)c2ccccc2OC)c2ccccc2)cc1. The molecule has 214 valence electrons. The number of amides is 1. The molecule has 2 atom stereocenters. The van der Waals surface area contributed by atoms with E-state index in [1.54, 1.807) is 19.1 Å². The molecular formula is C34H39NO5Si. The molecule has 0 aliphatic heterocycles. The Labute approximate surface area is 244 Å². The Hall–Kier alpha value is -4.07. The normalized spacial score (nSPS) is 13.5.